The largest absolute Gasteiger partial charge is 0.507 e. The summed E-state index contributed by atoms with van der Waals surface area (Å²) in [6.07, 6.45) is 5.76. The van der Waals surface area contributed by atoms with E-state index in [4.69, 9.17) is 14.2 Å². The third-order valence-electron chi connectivity index (χ3n) is 6.77. The summed E-state index contributed by atoms with van der Waals surface area (Å²) in [5, 5.41) is 20.6. The van der Waals surface area contributed by atoms with Gasteiger partial charge in [-0.25, -0.2) is 0 Å². The second kappa shape index (κ2) is 13.5. The molecular weight excluding hydrogens is 478 g/mol. The van der Waals surface area contributed by atoms with E-state index in [0.29, 0.717) is 17.7 Å². The van der Waals surface area contributed by atoms with Gasteiger partial charge in [0.05, 0.1) is 17.9 Å². The molecule has 0 aliphatic carbocycles. The summed E-state index contributed by atoms with van der Waals surface area (Å²) in [5.74, 6) is -0.746. The molecule has 2 unspecified atom stereocenters. The fraction of sp³-hybridized carbons (Fsp3) is 0.607. The highest BCUT2D eigenvalue weighted by Crippen LogP contribution is 2.38. The van der Waals surface area contributed by atoms with Crippen molar-refractivity contribution in [3.63, 3.8) is 0 Å². The van der Waals surface area contributed by atoms with Gasteiger partial charge in [-0.05, 0) is 71.1 Å². The summed E-state index contributed by atoms with van der Waals surface area (Å²) in [6, 6.07) is 4.63. The minimum absolute atomic E-state index is 0.0620. The number of nitrogens with zero attached hydrogens (tertiary/aromatic N) is 1. The Morgan fingerprint density at radius 3 is 2.35 bits per heavy atom. The van der Waals surface area contributed by atoms with E-state index in [9.17, 15) is 24.6 Å². The van der Waals surface area contributed by atoms with Crippen LogP contribution in [0, 0.1) is 10.8 Å². The maximum Gasteiger partial charge on any atom is 0.311 e. The molecule has 0 spiro atoms. The Bertz CT molecular complexity index is 967. The van der Waals surface area contributed by atoms with E-state index in [2.05, 4.69) is 0 Å². The summed E-state index contributed by atoms with van der Waals surface area (Å²) < 4.78 is 15.7. The molecule has 0 aromatic heterocycles. The van der Waals surface area contributed by atoms with Gasteiger partial charge in [-0.3, -0.25) is 14.4 Å². The molecule has 2 atom stereocenters. The molecule has 1 aromatic rings. The quantitative estimate of drug-likeness (QED) is 0.317. The standard InChI is InChI=1S/C28H41NO8/c1-6-28(4,19-27(2,3)25(33)35-5)26(34)37-18-21(30)17-36-22-12-10-20(23(31)16-22)11-13-24(32)29-14-8-7-9-15-29/h10-13,16,21,30-31H,6-9,14-15,17-19H2,1-5H3/b13-11+. The first kappa shape index (κ1) is 30.2. The van der Waals surface area contributed by atoms with Gasteiger partial charge in [0, 0.05) is 30.8 Å². The van der Waals surface area contributed by atoms with Crippen molar-refractivity contribution in [3.05, 3.63) is 29.8 Å². The van der Waals surface area contributed by atoms with E-state index < -0.39 is 28.9 Å². The number of carbonyl (C=O) groups is 3. The van der Waals surface area contributed by atoms with E-state index in [1.165, 1.54) is 19.3 Å². The smallest absolute Gasteiger partial charge is 0.311 e. The number of piperidine rings is 1. The lowest BCUT2D eigenvalue weighted by atomic mass is 9.72. The number of likely N-dealkylation sites (tertiary alicyclic amines) is 1. The molecule has 1 amide bonds. The minimum atomic E-state index is -1.09. The number of aliphatic hydroxyl groups excluding tert-OH is 1. The number of aromatic hydroxyl groups is 1. The van der Waals surface area contributed by atoms with Crippen LogP contribution in [0.4, 0.5) is 0 Å². The molecule has 206 valence electrons. The van der Waals surface area contributed by atoms with Gasteiger partial charge in [0.2, 0.25) is 5.91 Å². The summed E-state index contributed by atoms with van der Waals surface area (Å²) in [7, 11) is 1.31. The van der Waals surface area contributed by atoms with Crippen molar-refractivity contribution in [1.82, 2.24) is 4.90 Å². The fourth-order valence-corrected chi connectivity index (χ4v) is 4.39. The Morgan fingerprint density at radius 1 is 1.08 bits per heavy atom. The van der Waals surface area contributed by atoms with Crippen molar-refractivity contribution in [3.8, 4) is 11.5 Å². The van der Waals surface area contributed by atoms with Gasteiger partial charge in [-0.1, -0.05) is 6.92 Å². The number of ether oxygens (including phenoxy) is 3. The zero-order valence-electron chi connectivity index (χ0n) is 22.6. The first-order chi connectivity index (χ1) is 17.4. The number of hydrogen-bond acceptors (Lipinski definition) is 8. The minimum Gasteiger partial charge on any atom is -0.507 e. The monoisotopic (exact) mass is 519 g/mol. The predicted octanol–water partition coefficient (Wildman–Crippen LogP) is 3.71. The van der Waals surface area contributed by atoms with E-state index in [-0.39, 0.29) is 31.3 Å². The van der Waals surface area contributed by atoms with Crippen molar-refractivity contribution in [1.29, 1.82) is 0 Å². The lowest BCUT2D eigenvalue weighted by Gasteiger charge is -2.33. The van der Waals surface area contributed by atoms with Gasteiger partial charge in [0.15, 0.2) is 0 Å². The Morgan fingerprint density at radius 2 is 1.76 bits per heavy atom. The van der Waals surface area contributed by atoms with E-state index in [1.807, 2.05) is 6.92 Å². The first-order valence-corrected chi connectivity index (χ1v) is 12.8. The highest BCUT2D eigenvalue weighted by molar-refractivity contribution is 5.92. The van der Waals surface area contributed by atoms with Gasteiger partial charge in [0.25, 0.3) is 0 Å². The maximum atomic E-state index is 12.8. The molecule has 2 rings (SSSR count). The number of rotatable bonds is 12. The number of hydrogen-bond donors (Lipinski definition) is 2. The van der Waals surface area contributed by atoms with Crippen LogP contribution >= 0.6 is 0 Å². The van der Waals surface area contributed by atoms with Crippen molar-refractivity contribution in [2.24, 2.45) is 10.8 Å². The maximum absolute atomic E-state index is 12.8. The molecular formula is C28H41NO8. The molecule has 37 heavy (non-hydrogen) atoms. The molecule has 1 aliphatic rings. The van der Waals surface area contributed by atoms with Gasteiger partial charge >= 0.3 is 11.9 Å². The van der Waals surface area contributed by atoms with Crippen LogP contribution in [0.15, 0.2) is 24.3 Å². The number of amides is 1. The van der Waals surface area contributed by atoms with Crippen LogP contribution in [0.3, 0.4) is 0 Å². The molecule has 0 bridgehead atoms. The van der Waals surface area contributed by atoms with Crippen molar-refractivity contribution < 1.29 is 38.8 Å². The number of benzene rings is 1. The third-order valence-corrected chi connectivity index (χ3v) is 6.77. The Labute approximate surface area is 219 Å². The van der Waals surface area contributed by atoms with Crippen LogP contribution in [-0.4, -0.2) is 72.5 Å². The number of aliphatic hydroxyl groups is 1. The molecule has 9 heteroatoms. The lowest BCUT2D eigenvalue weighted by molar-refractivity contribution is -0.164. The molecule has 1 aliphatic heterocycles. The van der Waals surface area contributed by atoms with Crippen molar-refractivity contribution >= 4 is 23.9 Å². The molecule has 0 radical (unpaired) electrons. The Kier molecular flexibility index (Phi) is 11.0. The van der Waals surface area contributed by atoms with Crippen LogP contribution in [-0.2, 0) is 23.9 Å². The van der Waals surface area contributed by atoms with Gasteiger partial charge in [-0.15, -0.1) is 0 Å². The van der Waals surface area contributed by atoms with Crippen LogP contribution in [0.1, 0.15) is 65.4 Å². The zero-order chi connectivity index (χ0) is 27.6. The number of phenolic OH excluding ortho intramolecular Hbond substituents is 1. The third kappa shape index (κ3) is 8.77. The second-order valence-electron chi connectivity index (χ2n) is 10.5. The molecule has 1 aromatic carbocycles. The van der Waals surface area contributed by atoms with Gasteiger partial charge < -0.3 is 29.3 Å². The normalized spacial score (nSPS) is 16.6. The number of esters is 2. The van der Waals surface area contributed by atoms with Gasteiger partial charge in [0.1, 0.15) is 30.8 Å². The summed E-state index contributed by atoms with van der Waals surface area (Å²) in [5.41, 5.74) is -1.33. The summed E-state index contributed by atoms with van der Waals surface area (Å²) in [6.45, 7) is 8.05. The Hall–Kier alpha value is -3.07. The number of phenols is 1. The zero-order valence-corrected chi connectivity index (χ0v) is 22.6. The van der Waals surface area contributed by atoms with E-state index in [1.54, 1.807) is 43.9 Å². The molecule has 2 N–H and O–H groups in total. The predicted molar refractivity (Wildman–Crippen MR) is 139 cm³/mol. The highest BCUT2D eigenvalue weighted by atomic mass is 16.6. The number of carbonyl (C=O) groups excluding carboxylic acids is 3. The summed E-state index contributed by atoms with van der Waals surface area (Å²) >= 11 is 0. The van der Waals surface area contributed by atoms with Crippen LogP contribution < -0.4 is 4.74 Å². The SMILES string of the molecule is CCC(C)(CC(C)(C)C(=O)OC)C(=O)OCC(O)COc1ccc(/C=C/C(=O)N2CCCCC2)c(O)c1. The molecule has 1 saturated heterocycles. The topological polar surface area (TPSA) is 123 Å². The van der Waals surface area contributed by atoms with Crippen molar-refractivity contribution in [2.75, 3.05) is 33.4 Å². The van der Waals surface area contributed by atoms with Crippen LogP contribution in [0.25, 0.3) is 6.08 Å². The Balaban J connectivity index is 1.86. The highest BCUT2D eigenvalue weighted by Gasteiger charge is 2.42. The number of methoxy groups -OCH3 is 1. The van der Waals surface area contributed by atoms with Gasteiger partial charge in [-0.2, -0.15) is 0 Å². The molecule has 0 saturated carbocycles. The fourth-order valence-electron chi connectivity index (χ4n) is 4.39. The van der Waals surface area contributed by atoms with Crippen LogP contribution in [0.2, 0.25) is 0 Å². The molecule has 1 fully saturated rings. The molecule has 9 nitrogen and oxygen atoms in total. The van der Waals surface area contributed by atoms with E-state index in [0.717, 1.165) is 32.4 Å². The van der Waals surface area contributed by atoms with E-state index >= 15 is 0 Å². The van der Waals surface area contributed by atoms with Crippen LogP contribution in [0.5, 0.6) is 11.5 Å². The average Bonchev–Trinajstić information content (AvgIpc) is 2.89. The molecule has 1 heterocycles. The van der Waals surface area contributed by atoms with Crippen molar-refractivity contribution in [2.45, 2.75) is 65.9 Å². The lowest BCUT2D eigenvalue weighted by Crippen LogP contribution is -2.39. The summed E-state index contributed by atoms with van der Waals surface area (Å²) in [4.78, 5) is 38.9. The average molecular weight is 520 g/mol. The second-order valence-corrected chi connectivity index (χ2v) is 10.5. The first-order valence-electron chi connectivity index (χ1n) is 12.8.